The van der Waals surface area contributed by atoms with Crippen LogP contribution in [0, 0.1) is 11.3 Å². The van der Waals surface area contributed by atoms with E-state index in [0.29, 0.717) is 47.7 Å². The minimum atomic E-state index is -0.620. The molecular weight excluding hydrogens is 418 g/mol. The molecular formula is C18H22BrN3O5. The number of amides is 2. The van der Waals surface area contributed by atoms with Crippen LogP contribution in [0.3, 0.4) is 0 Å². The second-order valence-electron chi connectivity index (χ2n) is 5.29. The molecule has 0 aromatic heterocycles. The van der Waals surface area contributed by atoms with E-state index in [-0.39, 0.29) is 12.2 Å². The average Bonchev–Trinajstić information content (AvgIpc) is 2.62. The summed E-state index contributed by atoms with van der Waals surface area (Å²) in [4.78, 5) is 23.1. The van der Waals surface area contributed by atoms with Crippen molar-refractivity contribution < 1.29 is 23.8 Å². The van der Waals surface area contributed by atoms with Gasteiger partial charge in [-0.15, -0.1) is 0 Å². The summed E-state index contributed by atoms with van der Waals surface area (Å²) in [6.07, 6.45) is 2.09. The van der Waals surface area contributed by atoms with E-state index < -0.39 is 11.8 Å². The van der Waals surface area contributed by atoms with Crippen LogP contribution in [-0.4, -0.2) is 45.3 Å². The van der Waals surface area contributed by atoms with E-state index in [9.17, 15) is 14.9 Å². The van der Waals surface area contributed by atoms with Crippen LogP contribution in [0.25, 0.3) is 6.08 Å². The molecule has 3 N–H and O–H groups in total. The Bertz CT molecular complexity index is 743. The van der Waals surface area contributed by atoms with E-state index in [1.165, 1.54) is 6.08 Å². The van der Waals surface area contributed by atoms with Crippen molar-refractivity contribution in [3.8, 4) is 17.6 Å². The van der Waals surface area contributed by atoms with E-state index in [2.05, 4.69) is 21.2 Å². The lowest BCUT2D eigenvalue weighted by Gasteiger charge is -2.14. The highest BCUT2D eigenvalue weighted by molar-refractivity contribution is 9.10. The molecule has 0 radical (unpaired) electrons. The van der Waals surface area contributed by atoms with Crippen molar-refractivity contribution in [2.24, 2.45) is 5.73 Å². The van der Waals surface area contributed by atoms with Gasteiger partial charge in [-0.1, -0.05) is 0 Å². The predicted molar refractivity (Wildman–Crippen MR) is 103 cm³/mol. The van der Waals surface area contributed by atoms with Gasteiger partial charge in [0.2, 0.25) is 0 Å². The first-order valence-electron chi connectivity index (χ1n) is 8.19. The Labute approximate surface area is 166 Å². The highest BCUT2D eigenvalue weighted by atomic mass is 79.9. The lowest BCUT2D eigenvalue weighted by Crippen LogP contribution is -2.26. The summed E-state index contributed by atoms with van der Waals surface area (Å²) in [6.45, 7) is 2.77. The van der Waals surface area contributed by atoms with Gasteiger partial charge in [-0.25, -0.2) is 0 Å². The average molecular weight is 440 g/mol. The molecule has 0 unspecified atom stereocenters. The van der Waals surface area contributed by atoms with Crippen LogP contribution >= 0.6 is 15.9 Å². The van der Waals surface area contributed by atoms with E-state index in [1.807, 2.05) is 6.07 Å². The van der Waals surface area contributed by atoms with Crippen molar-refractivity contribution in [1.29, 1.82) is 5.26 Å². The number of ether oxygens (including phenoxy) is 3. The van der Waals surface area contributed by atoms with Gasteiger partial charge in [-0.05, 0) is 53.0 Å². The standard InChI is InChI=1S/C18H22BrN3O5/c1-3-26-15-9-12(8-14(19)17(15)27-11-16(21)23)7-13(10-20)18(24)22-5-4-6-25-2/h7-9H,3-6,11H2,1-2H3,(H2,21,23)(H,22,24)/b13-7+. The third kappa shape index (κ3) is 7.68. The van der Waals surface area contributed by atoms with Gasteiger partial charge in [0.1, 0.15) is 11.6 Å². The fourth-order valence-corrected chi connectivity index (χ4v) is 2.62. The number of nitriles is 1. The van der Waals surface area contributed by atoms with Gasteiger partial charge in [0.25, 0.3) is 11.8 Å². The fourth-order valence-electron chi connectivity index (χ4n) is 2.05. The zero-order valence-corrected chi connectivity index (χ0v) is 16.8. The SMILES string of the molecule is CCOc1cc(/C=C(\C#N)C(=O)NCCCOC)cc(Br)c1OCC(N)=O. The molecule has 0 aliphatic carbocycles. The second kappa shape index (κ2) is 11.9. The molecule has 9 heteroatoms. The Balaban J connectivity index is 3.06. The minimum Gasteiger partial charge on any atom is -0.490 e. The number of rotatable bonds is 11. The highest BCUT2D eigenvalue weighted by Crippen LogP contribution is 2.37. The largest absolute Gasteiger partial charge is 0.490 e. The first-order valence-corrected chi connectivity index (χ1v) is 8.98. The second-order valence-corrected chi connectivity index (χ2v) is 6.14. The van der Waals surface area contributed by atoms with Crippen LogP contribution in [0.5, 0.6) is 11.5 Å². The van der Waals surface area contributed by atoms with Crippen LogP contribution in [0.2, 0.25) is 0 Å². The molecule has 27 heavy (non-hydrogen) atoms. The highest BCUT2D eigenvalue weighted by Gasteiger charge is 2.14. The predicted octanol–water partition coefficient (Wildman–Crippen LogP) is 1.77. The molecule has 0 saturated heterocycles. The molecule has 0 aliphatic heterocycles. The van der Waals surface area contributed by atoms with Crippen molar-refractivity contribution in [1.82, 2.24) is 5.32 Å². The first-order chi connectivity index (χ1) is 12.9. The summed E-state index contributed by atoms with van der Waals surface area (Å²) < 4.78 is 16.3. The van der Waals surface area contributed by atoms with Crippen molar-refractivity contribution in [2.75, 3.05) is 33.5 Å². The Kier molecular flexibility index (Phi) is 9.93. The summed E-state index contributed by atoms with van der Waals surface area (Å²) in [5.41, 5.74) is 5.61. The Morgan fingerprint density at radius 2 is 2.11 bits per heavy atom. The maximum Gasteiger partial charge on any atom is 0.261 e. The summed E-state index contributed by atoms with van der Waals surface area (Å²) >= 11 is 3.34. The molecule has 1 rings (SSSR count). The van der Waals surface area contributed by atoms with Crippen molar-refractivity contribution >= 4 is 33.8 Å². The van der Waals surface area contributed by atoms with Crippen molar-refractivity contribution in [3.05, 3.63) is 27.7 Å². The molecule has 0 spiro atoms. The number of hydrogen-bond donors (Lipinski definition) is 2. The summed E-state index contributed by atoms with van der Waals surface area (Å²) in [6, 6.07) is 5.14. The smallest absolute Gasteiger partial charge is 0.261 e. The number of halogens is 1. The van der Waals surface area contributed by atoms with Crippen molar-refractivity contribution in [2.45, 2.75) is 13.3 Å². The van der Waals surface area contributed by atoms with E-state index >= 15 is 0 Å². The zero-order chi connectivity index (χ0) is 20.2. The molecule has 0 bridgehead atoms. The van der Waals surface area contributed by atoms with Gasteiger partial charge >= 0.3 is 0 Å². The lowest BCUT2D eigenvalue weighted by atomic mass is 10.1. The number of carbonyl (C=O) groups excluding carboxylic acids is 2. The fraction of sp³-hybridized carbons (Fsp3) is 0.389. The molecule has 1 aromatic rings. The number of benzene rings is 1. The van der Waals surface area contributed by atoms with Gasteiger partial charge in [-0.3, -0.25) is 9.59 Å². The third-order valence-corrected chi connectivity index (χ3v) is 3.77. The zero-order valence-electron chi connectivity index (χ0n) is 15.2. The van der Waals surface area contributed by atoms with Gasteiger partial charge in [0.05, 0.1) is 11.1 Å². The van der Waals surface area contributed by atoms with Crippen LogP contribution in [0.1, 0.15) is 18.9 Å². The van der Waals surface area contributed by atoms with Crippen LogP contribution in [-0.2, 0) is 14.3 Å². The van der Waals surface area contributed by atoms with E-state index in [0.717, 1.165) is 0 Å². The quantitative estimate of drug-likeness (QED) is 0.307. The molecule has 1 aromatic carbocycles. The number of primary amides is 1. The summed E-state index contributed by atoms with van der Waals surface area (Å²) in [5.74, 6) is -0.422. The molecule has 0 fully saturated rings. The molecule has 0 aliphatic rings. The van der Waals surface area contributed by atoms with Crippen LogP contribution in [0.15, 0.2) is 22.2 Å². The Morgan fingerprint density at radius 3 is 2.70 bits per heavy atom. The number of nitrogens with one attached hydrogen (secondary N) is 1. The van der Waals surface area contributed by atoms with Gasteiger partial charge in [0.15, 0.2) is 18.1 Å². The topological polar surface area (TPSA) is 124 Å². The number of methoxy groups -OCH3 is 1. The number of carbonyl (C=O) groups is 2. The molecule has 0 heterocycles. The monoisotopic (exact) mass is 439 g/mol. The number of hydrogen-bond acceptors (Lipinski definition) is 6. The van der Waals surface area contributed by atoms with Crippen LogP contribution < -0.4 is 20.5 Å². The maximum atomic E-state index is 12.1. The van der Waals surface area contributed by atoms with Crippen LogP contribution in [0.4, 0.5) is 0 Å². The summed E-state index contributed by atoms with van der Waals surface area (Å²) in [5, 5.41) is 11.9. The molecule has 2 amide bonds. The van der Waals surface area contributed by atoms with Gasteiger partial charge in [0, 0.05) is 20.3 Å². The lowest BCUT2D eigenvalue weighted by molar-refractivity contribution is -0.120. The van der Waals surface area contributed by atoms with Crippen molar-refractivity contribution in [3.63, 3.8) is 0 Å². The third-order valence-electron chi connectivity index (χ3n) is 3.18. The number of nitrogens with zero attached hydrogens (tertiary/aromatic N) is 1. The van der Waals surface area contributed by atoms with Gasteiger partial charge in [-0.2, -0.15) is 5.26 Å². The first kappa shape index (κ1) is 22.5. The molecule has 0 atom stereocenters. The molecule has 0 saturated carbocycles. The maximum absolute atomic E-state index is 12.1. The summed E-state index contributed by atoms with van der Waals surface area (Å²) in [7, 11) is 1.58. The van der Waals surface area contributed by atoms with E-state index in [1.54, 1.807) is 26.2 Å². The molecule has 146 valence electrons. The molecule has 8 nitrogen and oxygen atoms in total. The van der Waals surface area contributed by atoms with E-state index in [4.69, 9.17) is 19.9 Å². The minimum absolute atomic E-state index is 0.0485. The Hall–Kier alpha value is -2.57. The van der Waals surface area contributed by atoms with Gasteiger partial charge < -0.3 is 25.3 Å². The Morgan fingerprint density at radius 1 is 1.37 bits per heavy atom. The normalized spacial score (nSPS) is 10.8. The number of nitrogens with two attached hydrogens (primary N) is 1.